The van der Waals surface area contributed by atoms with E-state index in [4.69, 9.17) is 12.0 Å². The number of carbonyl (C=O) groups is 2. The van der Waals surface area contributed by atoms with E-state index < -0.39 is 0 Å². The Morgan fingerprint density at radius 2 is 1.46 bits per heavy atom. The summed E-state index contributed by atoms with van der Waals surface area (Å²) in [4.78, 5) is 25.2. The Morgan fingerprint density at radius 3 is 1.84 bits per heavy atom. The third-order valence-electron chi connectivity index (χ3n) is 15.0. The van der Waals surface area contributed by atoms with Crippen molar-refractivity contribution < 1.29 is 9.59 Å². The summed E-state index contributed by atoms with van der Waals surface area (Å²) in [5.41, 5.74) is 8.56. The Kier molecular flexibility index (Phi) is 23.4. The smallest absolute Gasteiger partial charge is 0.315 e. The molecule has 6 unspecified atom stereocenters. The lowest BCUT2D eigenvalue weighted by atomic mass is 9.52. The van der Waals surface area contributed by atoms with Crippen molar-refractivity contribution in [3.05, 3.63) is 22.3 Å². The van der Waals surface area contributed by atoms with Crippen LogP contribution in [-0.4, -0.2) is 70.7 Å². The van der Waals surface area contributed by atoms with Crippen molar-refractivity contribution in [3.8, 4) is 12.3 Å². The summed E-state index contributed by atoms with van der Waals surface area (Å²) in [5, 5.41) is 22.8. The van der Waals surface area contributed by atoms with Gasteiger partial charge in [-0.1, -0.05) is 76.0 Å². The number of azide groups is 1. The largest absolute Gasteiger partial charge is 0.332 e. The summed E-state index contributed by atoms with van der Waals surface area (Å²) in [7, 11) is 3.59. The number of Topliss-reactive ketones (excluding diaryl/α,β-unsaturated/α-hetero) is 1. The molecule has 2 saturated heterocycles. The fourth-order valence-corrected chi connectivity index (χ4v) is 12.7. The number of nitrogens with zero attached hydrogens (tertiary/aromatic N) is 6. The van der Waals surface area contributed by atoms with Crippen LogP contribution < -0.4 is 21.3 Å². The highest BCUT2D eigenvalue weighted by molar-refractivity contribution is 8.00. The lowest BCUT2D eigenvalue weighted by molar-refractivity contribution is -0.119. The topological polar surface area (TPSA) is 162 Å². The molecule has 8 fully saturated rings. The number of aryl methyl sites for hydroxylation is 1. The predicted octanol–water partition coefficient (Wildman–Crippen LogP) is 10.4. The van der Waals surface area contributed by atoms with Crippen LogP contribution in [0.4, 0.5) is 4.79 Å². The molecule has 0 bridgehead atoms. The lowest BCUT2D eigenvalue weighted by Crippen LogP contribution is -2.44. The zero-order valence-electron chi connectivity index (χ0n) is 39.0. The molecule has 4 N–H and O–H groups in total. The molecule has 3 heterocycles. The molecule has 12 nitrogen and oxygen atoms in total. The lowest BCUT2D eigenvalue weighted by Gasteiger charge is -2.53. The van der Waals surface area contributed by atoms with Gasteiger partial charge in [-0.05, 0) is 150 Å². The van der Waals surface area contributed by atoms with Crippen LogP contribution >= 0.6 is 11.8 Å². The maximum atomic E-state index is 11.5. The zero-order chi connectivity index (χ0) is 44.0. The number of carbonyl (C=O) groups excluding carboxylic acids is 2. The fraction of sp³-hybridized carbons (Fsp3) is 0.875. The van der Waals surface area contributed by atoms with E-state index >= 15 is 0 Å². The quantitative estimate of drug-likeness (QED) is 0.0303. The minimum atomic E-state index is -0.0373. The van der Waals surface area contributed by atoms with Crippen LogP contribution in [0.15, 0.2) is 11.3 Å². The summed E-state index contributed by atoms with van der Waals surface area (Å²) in [6, 6.07) is 0.527. The average molecular weight is 865 g/mol. The monoisotopic (exact) mass is 865 g/mol. The summed E-state index contributed by atoms with van der Waals surface area (Å²) in [6.45, 7) is 9.94. The second-order valence-electron chi connectivity index (χ2n) is 19.1. The number of rotatable bonds is 17. The van der Waals surface area contributed by atoms with E-state index in [9.17, 15) is 9.59 Å². The summed E-state index contributed by atoms with van der Waals surface area (Å²) >= 11 is 1.92. The van der Waals surface area contributed by atoms with Crippen molar-refractivity contribution >= 4 is 23.6 Å². The molecular weight excluding hydrogens is 781 g/mol. The molecule has 0 radical (unpaired) electrons. The highest BCUT2D eigenvalue weighted by atomic mass is 32.2. The number of urea groups is 1. The minimum Gasteiger partial charge on any atom is -0.332 e. The number of aromatic nitrogens is 3. The third kappa shape index (κ3) is 16.1. The van der Waals surface area contributed by atoms with Crippen LogP contribution in [-0.2, 0) is 11.5 Å². The highest BCUT2D eigenvalue weighted by Gasteiger charge is 2.47. The standard InChI is InChI=1S/C14H20N2O2S.3C9H16.C5H10N4.C2H6N4/c1-2-3-6-10(17)7-4-5-8-12-13-11(9-19-12)15-14(18)16-13;3*1-2-3-7-6-8-4-5-9(7)8;1-5-3-9(4-6-2)8-7-5;1-4-2-5-6-3/h1,11-13H,3-9H2,(H2,15,16,18);3*7-9H,2-6H2,1H3;3,6H,4H2,1-2H3;4H,2H2,1H3/t11-,12-,13-;3*7-,8?,9?;;/m0000../s1. The van der Waals surface area contributed by atoms with E-state index in [0.29, 0.717) is 37.2 Å². The van der Waals surface area contributed by atoms with Crippen LogP contribution in [0.1, 0.15) is 161 Å². The number of terminal acetylenes is 1. The number of thioether (sulfide) groups is 1. The number of amides is 2. The first-order valence-electron chi connectivity index (χ1n) is 24.5. The van der Waals surface area contributed by atoms with Crippen LogP contribution in [0.2, 0.25) is 0 Å². The molecule has 2 amide bonds. The SMILES string of the molecule is C#CCCC(=O)CCCC[C@@H]1SC[C@@H]2NC(=O)N[C@@H]21.CCC[C@H]1CC2CCC21.CCC[C@H]1CC2CCC21.CCC[C@H]1CC2CCC21.CNCN=[N+]=[N-].CNCn1cc(C)nn1. The number of hydrogen-bond acceptors (Lipinski definition) is 8. The van der Waals surface area contributed by atoms with Crippen LogP contribution in [0.25, 0.3) is 10.4 Å². The van der Waals surface area contributed by atoms with Gasteiger partial charge in [-0.25, -0.2) is 9.48 Å². The Balaban J connectivity index is 0.000000169. The molecule has 2 aliphatic heterocycles. The summed E-state index contributed by atoms with van der Waals surface area (Å²) in [5.74, 6) is 14.4. The number of nitrogens with one attached hydrogen (secondary N) is 4. The molecule has 8 aliphatic rings. The van der Waals surface area contributed by atoms with Crippen molar-refractivity contribution in [1.82, 2.24) is 36.3 Å². The van der Waals surface area contributed by atoms with Crippen LogP contribution in [0, 0.1) is 72.5 Å². The van der Waals surface area contributed by atoms with Crippen LogP contribution in [0.3, 0.4) is 0 Å². The van der Waals surface area contributed by atoms with E-state index in [0.717, 1.165) is 55.1 Å². The van der Waals surface area contributed by atoms with Crippen molar-refractivity contribution in [3.63, 3.8) is 0 Å². The van der Waals surface area contributed by atoms with E-state index in [1.165, 1.54) is 74.0 Å². The second kappa shape index (κ2) is 28.1. The normalized spacial score (nSPS) is 31.8. The second-order valence-corrected chi connectivity index (χ2v) is 20.4. The molecule has 12 atom stereocenters. The molecule has 0 spiro atoms. The van der Waals surface area contributed by atoms with E-state index in [1.807, 2.05) is 31.9 Å². The first-order chi connectivity index (χ1) is 29.7. The van der Waals surface area contributed by atoms with Crippen molar-refractivity contribution in [2.75, 3.05) is 26.5 Å². The summed E-state index contributed by atoms with van der Waals surface area (Å²) < 4.78 is 1.75. The first kappa shape index (κ1) is 50.9. The fourth-order valence-electron chi connectivity index (χ4n) is 11.1. The van der Waals surface area contributed by atoms with Gasteiger partial charge in [0, 0.05) is 41.4 Å². The van der Waals surface area contributed by atoms with Gasteiger partial charge >= 0.3 is 6.03 Å². The maximum Gasteiger partial charge on any atom is 0.315 e. The number of ketones is 1. The summed E-state index contributed by atoms with van der Waals surface area (Å²) in [6.07, 6.45) is 34.7. The van der Waals surface area contributed by atoms with Gasteiger partial charge in [0.1, 0.15) is 5.78 Å². The van der Waals surface area contributed by atoms with Crippen molar-refractivity contribution in [2.24, 2.45) is 58.4 Å². The van der Waals surface area contributed by atoms with Gasteiger partial charge in [-0.15, -0.1) is 17.4 Å². The van der Waals surface area contributed by atoms with E-state index in [2.05, 4.69) is 68.3 Å². The van der Waals surface area contributed by atoms with E-state index in [1.54, 1.807) is 69.5 Å². The Labute approximate surface area is 374 Å². The molecule has 6 saturated carbocycles. The third-order valence-corrected chi connectivity index (χ3v) is 16.5. The molecule has 6 aliphatic carbocycles. The van der Waals surface area contributed by atoms with Crippen molar-refractivity contribution in [2.45, 2.75) is 187 Å². The predicted molar refractivity (Wildman–Crippen MR) is 252 cm³/mol. The zero-order valence-corrected chi connectivity index (χ0v) is 39.8. The molecule has 9 rings (SSSR count). The molecule has 1 aromatic heterocycles. The van der Waals surface area contributed by atoms with Crippen LogP contribution in [0.5, 0.6) is 0 Å². The van der Waals surface area contributed by atoms with Crippen molar-refractivity contribution in [1.29, 1.82) is 0 Å². The van der Waals surface area contributed by atoms with Gasteiger partial charge in [0.25, 0.3) is 0 Å². The average Bonchev–Trinajstić information content (AvgIpc) is 3.94. The molecular formula is C48H84N10O2S. The first-order valence-corrected chi connectivity index (χ1v) is 25.5. The minimum absolute atomic E-state index is 0.0373. The highest BCUT2D eigenvalue weighted by Crippen LogP contribution is 2.57. The molecule has 61 heavy (non-hydrogen) atoms. The number of fused-ring (bicyclic) bond motifs is 4. The number of hydrogen-bond donors (Lipinski definition) is 4. The van der Waals surface area contributed by atoms with Gasteiger partial charge in [-0.3, -0.25) is 4.79 Å². The van der Waals surface area contributed by atoms with E-state index in [-0.39, 0.29) is 17.9 Å². The van der Waals surface area contributed by atoms with Gasteiger partial charge in [0.2, 0.25) is 0 Å². The molecule has 0 aromatic carbocycles. The Bertz CT molecular complexity index is 1440. The molecule has 13 heteroatoms. The van der Waals surface area contributed by atoms with Gasteiger partial charge < -0.3 is 21.3 Å². The van der Waals surface area contributed by atoms with Gasteiger partial charge in [0.05, 0.1) is 31.1 Å². The Morgan fingerprint density at radius 1 is 0.885 bits per heavy atom. The molecule has 344 valence electrons. The Hall–Kier alpha value is -2.78. The molecule has 1 aromatic rings. The van der Waals surface area contributed by atoms with Gasteiger partial charge in [-0.2, -0.15) is 11.8 Å². The van der Waals surface area contributed by atoms with Gasteiger partial charge in [0.15, 0.2) is 0 Å². The maximum absolute atomic E-state index is 11.5. The number of unbranched alkanes of at least 4 members (excludes halogenated alkanes) is 1.